The highest BCUT2D eigenvalue weighted by Gasteiger charge is 2.18. The molecule has 0 spiro atoms. The zero-order valence-corrected chi connectivity index (χ0v) is 12.1. The number of carbonyl (C=O) groups excluding carboxylic acids is 1. The van der Waals surface area contributed by atoms with Crippen molar-refractivity contribution in [3.63, 3.8) is 0 Å². The average molecular weight is 282 g/mol. The second-order valence-electron chi connectivity index (χ2n) is 4.93. The summed E-state index contributed by atoms with van der Waals surface area (Å²) >= 11 is 0. The molecular formula is C15H23FN2O2. The number of nitrogens with zero attached hydrogens (tertiary/aromatic N) is 1. The smallest absolute Gasteiger partial charge is 0.227 e. The van der Waals surface area contributed by atoms with Gasteiger partial charge in [-0.3, -0.25) is 4.79 Å². The number of methoxy groups -OCH3 is 1. The Morgan fingerprint density at radius 2 is 2.25 bits per heavy atom. The Balaban J connectivity index is 2.80. The molecule has 0 aliphatic heterocycles. The van der Waals surface area contributed by atoms with Gasteiger partial charge in [0, 0.05) is 32.4 Å². The lowest BCUT2D eigenvalue weighted by molar-refractivity contribution is -0.119. The van der Waals surface area contributed by atoms with E-state index in [-0.39, 0.29) is 17.6 Å². The van der Waals surface area contributed by atoms with E-state index in [9.17, 15) is 9.18 Å². The third kappa shape index (κ3) is 5.27. The predicted molar refractivity (Wildman–Crippen MR) is 78.1 cm³/mol. The lowest BCUT2D eigenvalue weighted by atomic mass is 10.1. The van der Waals surface area contributed by atoms with Crippen LogP contribution in [0.3, 0.4) is 0 Å². The number of hydrogen-bond donors (Lipinski definition) is 1. The summed E-state index contributed by atoms with van der Waals surface area (Å²) < 4.78 is 18.4. The van der Waals surface area contributed by atoms with Crippen molar-refractivity contribution >= 4 is 11.6 Å². The van der Waals surface area contributed by atoms with E-state index in [0.29, 0.717) is 38.2 Å². The zero-order valence-electron chi connectivity index (χ0n) is 12.1. The quantitative estimate of drug-likeness (QED) is 0.795. The fourth-order valence-electron chi connectivity index (χ4n) is 2.04. The summed E-state index contributed by atoms with van der Waals surface area (Å²) in [5.74, 6) is -0.256. The van der Waals surface area contributed by atoms with Gasteiger partial charge in [0.2, 0.25) is 5.91 Å². The van der Waals surface area contributed by atoms with Gasteiger partial charge in [-0.1, -0.05) is 13.0 Å². The summed E-state index contributed by atoms with van der Waals surface area (Å²) in [6.45, 7) is 3.47. The number of ether oxygens (including phenoxy) is 1. The van der Waals surface area contributed by atoms with Gasteiger partial charge in [-0.2, -0.15) is 0 Å². The molecule has 1 atom stereocenters. The second-order valence-corrected chi connectivity index (χ2v) is 4.93. The maximum atomic E-state index is 13.3. The van der Waals surface area contributed by atoms with E-state index in [2.05, 4.69) is 0 Å². The molecule has 0 aromatic heterocycles. The van der Waals surface area contributed by atoms with Gasteiger partial charge in [-0.15, -0.1) is 0 Å². The Morgan fingerprint density at radius 3 is 2.85 bits per heavy atom. The summed E-state index contributed by atoms with van der Waals surface area (Å²) in [6, 6.07) is 6.07. The van der Waals surface area contributed by atoms with Crippen LogP contribution in [0.4, 0.5) is 10.1 Å². The van der Waals surface area contributed by atoms with Gasteiger partial charge in [-0.05, 0) is 37.1 Å². The van der Waals surface area contributed by atoms with Crippen molar-refractivity contribution < 1.29 is 13.9 Å². The van der Waals surface area contributed by atoms with E-state index >= 15 is 0 Å². The highest BCUT2D eigenvalue weighted by molar-refractivity contribution is 5.93. The van der Waals surface area contributed by atoms with Gasteiger partial charge in [0.1, 0.15) is 5.82 Å². The van der Waals surface area contributed by atoms with Crippen LogP contribution in [0, 0.1) is 11.7 Å². The van der Waals surface area contributed by atoms with Crippen molar-refractivity contribution in [3.05, 3.63) is 30.1 Å². The Bertz CT molecular complexity index is 426. The molecule has 0 fully saturated rings. The predicted octanol–water partition coefficient (Wildman–Crippen LogP) is 2.18. The minimum absolute atomic E-state index is 0.0337. The van der Waals surface area contributed by atoms with Crippen LogP contribution >= 0.6 is 0 Å². The molecule has 1 rings (SSSR count). The Labute approximate surface area is 119 Å². The molecule has 1 aromatic carbocycles. The molecule has 1 unspecified atom stereocenters. The van der Waals surface area contributed by atoms with Gasteiger partial charge in [-0.25, -0.2) is 4.39 Å². The number of amides is 1. The number of rotatable bonds is 8. The van der Waals surface area contributed by atoms with E-state index in [1.807, 2.05) is 6.92 Å². The Morgan fingerprint density at radius 1 is 1.50 bits per heavy atom. The van der Waals surface area contributed by atoms with Crippen LogP contribution in [0.25, 0.3) is 0 Å². The molecule has 0 saturated heterocycles. The van der Waals surface area contributed by atoms with Crippen molar-refractivity contribution in [2.45, 2.75) is 19.8 Å². The van der Waals surface area contributed by atoms with E-state index in [4.69, 9.17) is 10.5 Å². The molecule has 0 radical (unpaired) electrons. The summed E-state index contributed by atoms with van der Waals surface area (Å²) in [7, 11) is 1.61. The maximum absolute atomic E-state index is 13.3. The van der Waals surface area contributed by atoms with Gasteiger partial charge >= 0.3 is 0 Å². The first kappa shape index (κ1) is 16.6. The molecule has 2 N–H and O–H groups in total. The van der Waals surface area contributed by atoms with Gasteiger partial charge in [0.25, 0.3) is 0 Å². The first-order valence-electron chi connectivity index (χ1n) is 6.83. The minimum atomic E-state index is -0.349. The first-order chi connectivity index (χ1) is 9.58. The zero-order chi connectivity index (χ0) is 15.0. The van der Waals surface area contributed by atoms with Crippen molar-refractivity contribution in [2.24, 2.45) is 11.7 Å². The molecule has 4 nitrogen and oxygen atoms in total. The van der Waals surface area contributed by atoms with Crippen molar-refractivity contribution in [3.8, 4) is 0 Å². The molecule has 1 aromatic rings. The largest absolute Gasteiger partial charge is 0.384 e. The molecule has 1 amide bonds. The van der Waals surface area contributed by atoms with E-state index < -0.39 is 0 Å². The summed E-state index contributed by atoms with van der Waals surface area (Å²) in [5.41, 5.74) is 6.08. The maximum Gasteiger partial charge on any atom is 0.227 e. The topological polar surface area (TPSA) is 55.6 Å². The van der Waals surface area contributed by atoms with Crippen LogP contribution in [0.2, 0.25) is 0 Å². The van der Waals surface area contributed by atoms with Crippen molar-refractivity contribution in [1.29, 1.82) is 0 Å². The van der Waals surface area contributed by atoms with Crippen molar-refractivity contribution in [1.82, 2.24) is 0 Å². The normalized spacial score (nSPS) is 12.2. The molecule has 0 aliphatic carbocycles. The molecule has 0 aliphatic rings. The minimum Gasteiger partial charge on any atom is -0.384 e. The fraction of sp³-hybridized carbons (Fsp3) is 0.533. The number of nitrogens with two attached hydrogens (primary N) is 1. The van der Waals surface area contributed by atoms with Gasteiger partial charge in [0.15, 0.2) is 0 Å². The van der Waals surface area contributed by atoms with E-state index in [1.54, 1.807) is 24.1 Å². The van der Waals surface area contributed by atoms with Crippen LogP contribution in [0.1, 0.15) is 19.8 Å². The average Bonchev–Trinajstić information content (AvgIpc) is 2.39. The van der Waals surface area contributed by atoms with Crippen LogP contribution in [0.5, 0.6) is 0 Å². The Hall–Kier alpha value is -1.46. The number of benzene rings is 1. The van der Waals surface area contributed by atoms with E-state index in [1.165, 1.54) is 12.1 Å². The molecule has 112 valence electrons. The lowest BCUT2D eigenvalue weighted by Gasteiger charge is -2.24. The van der Waals surface area contributed by atoms with Crippen LogP contribution in [-0.2, 0) is 9.53 Å². The summed E-state index contributed by atoms with van der Waals surface area (Å²) in [4.78, 5) is 14.0. The lowest BCUT2D eigenvalue weighted by Crippen LogP contribution is -2.34. The number of anilines is 1. The number of hydrogen-bond acceptors (Lipinski definition) is 3. The number of halogens is 1. The third-order valence-electron chi connectivity index (χ3n) is 2.98. The van der Waals surface area contributed by atoms with Gasteiger partial charge in [0.05, 0.1) is 0 Å². The number of carbonyl (C=O) groups is 1. The molecular weight excluding hydrogens is 259 g/mol. The standard InChI is InChI=1S/C15H23FN2O2/c1-12(11-20-2)9-15(19)18(8-4-7-17)14-6-3-5-13(16)10-14/h3,5-6,10,12H,4,7-9,11,17H2,1-2H3. The third-order valence-corrected chi connectivity index (χ3v) is 2.98. The van der Waals surface area contributed by atoms with Crippen molar-refractivity contribution in [2.75, 3.05) is 31.7 Å². The first-order valence-corrected chi connectivity index (χ1v) is 6.83. The monoisotopic (exact) mass is 282 g/mol. The van der Waals surface area contributed by atoms with Gasteiger partial charge < -0.3 is 15.4 Å². The van der Waals surface area contributed by atoms with Crippen LogP contribution in [-0.4, -0.2) is 32.7 Å². The summed E-state index contributed by atoms with van der Waals surface area (Å²) in [6.07, 6.45) is 1.05. The molecule has 0 bridgehead atoms. The highest BCUT2D eigenvalue weighted by Crippen LogP contribution is 2.18. The molecule has 0 heterocycles. The van der Waals surface area contributed by atoms with E-state index in [0.717, 1.165) is 0 Å². The SMILES string of the molecule is COCC(C)CC(=O)N(CCCN)c1cccc(F)c1. The molecule has 20 heavy (non-hydrogen) atoms. The van der Waals surface area contributed by atoms with Crippen LogP contribution in [0.15, 0.2) is 24.3 Å². The molecule has 0 saturated carbocycles. The fourth-order valence-corrected chi connectivity index (χ4v) is 2.04. The summed E-state index contributed by atoms with van der Waals surface area (Å²) in [5, 5.41) is 0. The van der Waals surface area contributed by atoms with Crippen LogP contribution < -0.4 is 10.6 Å². The second kappa shape index (κ2) is 8.66. The highest BCUT2D eigenvalue weighted by atomic mass is 19.1. The Kier molecular flexibility index (Phi) is 7.18. The molecule has 5 heteroatoms.